The number of carbonyl (C=O) groups is 1. The quantitative estimate of drug-likeness (QED) is 0.815. The Morgan fingerprint density at radius 2 is 2.15 bits per heavy atom. The molecule has 20 heavy (non-hydrogen) atoms. The standard InChI is InChI=1S/C15H16N2OS2/c18-13(8-9-19-12-4-2-1-3-5-12)17-15-14(11-6-7-11)16-10-20-15/h1-5,10-11H,6-9H2,(H,17,18). The van der Waals surface area contributed by atoms with E-state index in [-0.39, 0.29) is 5.91 Å². The van der Waals surface area contributed by atoms with E-state index in [9.17, 15) is 4.79 Å². The van der Waals surface area contributed by atoms with Crippen molar-refractivity contribution in [2.24, 2.45) is 0 Å². The first-order chi connectivity index (χ1) is 9.83. The van der Waals surface area contributed by atoms with Crippen molar-refractivity contribution >= 4 is 34.0 Å². The Hall–Kier alpha value is -1.33. The number of benzene rings is 1. The van der Waals surface area contributed by atoms with Crippen LogP contribution in [0.15, 0.2) is 40.7 Å². The first-order valence-corrected chi connectivity index (χ1v) is 8.60. The highest BCUT2D eigenvalue weighted by atomic mass is 32.2. The summed E-state index contributed by atoms with van der Waals surface area (Å²) in [7, 11) is 0. The number of anilines is 1. The van der Waals surface area contributed by atoms with Crippen LogP contribution in [0.4, 0.5) is 5.00 Å². The van der Waals surface area contributed by atoms with Crippen molar-refractivity contribution in [1.29, 1.82) is 0 Å². The zero-order valence-electron chi connectivity index (χ0n) is 11.0. The van der Waals surface area contributed by atoms with Crippen LogP contribution < -0.4 is 5.32 Å². The Kier molecular flexibility index (Phi) is 4.38. The molecule has 0 radical (unpaired) electrons. The van der Waals surface area contributed by atoms with Crippen LogP contribution in [-0.2, 0) is 4.79 Å². The Bertz CT molecular complexity index is 579. The lowest BCUT2D eigenvalue weighted by Gasteiger charge is -2.04. The molecule has 0 atom stereocenters. The van der Waals surface area contributed by atoms with Gasteiger partial charge in [-0.25, -0.2) is 4.98 Å². The van der Waals surface area contributed by atoms with E-state index in [0.29, 0.717) is 12.3 Å². The number of amides is 1. The average molecular weight is 304 g/mol. The highest BCUT2D eigenvalue weighted by Crippen LogP contribution is 2.43. The van der Waals surface area contributed by atoms with Crippen LogP contribution >= 0.6 is 23.1 Å². The topological polar surface area (TPSA) is 42.0 Å². The van der Waals surface area contributed by atoms with Gasteiger partial charge in [0, 0.05) is 23.0 Å². The van der Waals surface area contributed by atoms with E-state index in [1.807, 2.05) is 23.7 Å². The molecular formula is C15H16N2OS2. The molecule has 1 aromatic carbocycles. The molecule has 0 bridgehead atoms. The van der Waals surface area contributed by atoms with Gasteiger partial charge in [-0.15, -0.1) is 23.1 Å². The van der Waals surface area contributed by atoms with Gasteiger partial charge in [-0.1, -0.05) is 18.2 Å². The summed E-state index contributed by atoms with van der Waals surface area (Å²) in [6.45, 7) is 0. The van der Waals surface area contributed by atoms with Crippen molar-refractivity contribution in [2.45, 2.75) is 30.1 Å². The maximum atomic E-state index is 12.0. The molecule has 1 heterocycles. The van der Waals surface area contributed by atoms with E-state index in [2.05, 4.69) is 22.4 Å². The van der Waals surface area contributed by atoms with Gasteiger partial charge >= 0.3 is 0 Å². The van der Waals surface area contributed by atoms with E-state index in [1.54, 1.807) is 11.8 Å². The molecule has 5 heteroatoms. The summed E-state index contributed by atoms with van der Waals surface area (Å²) in [6, 6.07) is 10.2. The fourth-order valence-corrected chi connectivity index (χ4v) is 3.62. The molecule has 1 aliphatic carbocycles. The summed E-state index contributed by atoms with van der Waals surface area (Å²) in [6.07, 6.45) is 2.94. The van der Waals surface area contributed by atoms with Crippen molar-refractivity contribution in [3.63, 3.8) is 0 Å². The fraction of sp³-hybridized carbons (Fsp3) is 0.333. The Morgan fingerprint density at radius 3 is 2.90 bits per heavy atom. The van der Waals surface area contributed by atoms with Gasteiger partial charge in [0.05, 0.1) is 11.2 Å². The monoisotopic (exact) mass is 304 g/mol. The minimum Gasteiger partial charge on any atom is -0.316 e. The third-order valence-electron chi connectivity index (χ3n) is 3.15. The SMILES string of the molecule is O=C(CCSc1ccccc1)Nc1scnc1C1CC1. The normalized spacial score (nSPS) is 14.2. The summed E-state index contributed by atoms with van der Waals surface area (Å²) < 4.78 is 0. The van der Waals surface area contributed by atoms with E-state index >= 15 is 0 Å². The molecule has 3 rings (SSSR count). The maximum Gasteiger partial charge on any atom is 0.225 e. The number of nitrogens with one attached hydrogen (secondary N) is 1. The van der Waals surface area contributed by atoms with Gasteiger partial charge in [0.25, 0.3) is 0 Å². The van der Waals surface area contributed by atoms with Crippen LogP contribution in [0.5, 0.6) is 0 Å². The van der Waals surface area contributed by atoms with Gasteiger partial charge in [-0.2, -0.15) is 0 Å². The van der Waals surface area contributed by atoms with Crippen LogP contribution in [0.2, 0.25) is 0 Å². The summed E-state index contributed by atoms with van der Waals surface area (Å²) >= 11 is 3.24. The smallest absolute Gasteiger partial charge is 0.225 e. The number of thiazole rings is 1. The number of hydrogen-bond acceptors (Lipinski definition) is 4. The van der Waals surface area contributed by atoms with E-state index in [1.165, 1.54) is 29.1 Å². The second-order valence-electron chi connectivity index (χ2n) is 4.80. The predicted octanol–water partition coefficient (Wildman–Crippen LogP) is 4.14. The first-order valence-electron chi connectivity index (χ1n) is 6.74. The van der Waals surface area contributed by atoms with Crippen molar-refractivity contribution in [2.75, 3.05) is 11.1 Å². The second-order valence-corrected chi connectivity index (χ2v) is 6.82. The zero-order chi connectivity index (χ0) is 13.8. The van der Waals surface area contributed by atoms with Crippen molar-refractivity contribution in [3.8, 4) is 0 Å². The number of thioether (sulfide) groups is 1. The zero-order valence-corrected chi connectivity index (χ0v) is 12.7. The summed E-state index contributed by atoms with van der Waals surface area (Å²) in [5, 5.41) is 3.95. The number of rotatable bonds is 6. The van der Waals surface area contributed by atoms with E-state index < -0.39 is 0 Å². The number of aromatic nitrogens is 1. The van der Waals surface area contributed by atoms with Gasteiger partial charge in [-0.05, 0) is 25.0 Å². The average Bonchev–Trinajstić information content (AvgIpc) is 3.21. The molecule has 1 N–H and O–H groups in total. The lowest BCUT2D eigenvalue weighted by molar-refractivity contribution is -0.115. The summed E-state index contributed by atoms with van der Waals surface area (Å²) in [5.41, 5.74) is 2.90. The second kappa shape index (κ2) is 6.41. The molecule has 104 valence electrons. The molecule has 1 saturated carbocycles. The van der Waals surface area contributed by atoms with Gasteiger partial charge in [0.2, 0.25) is 5.91 Å². The lowest BCUT2D eigenvalue weighted by Crippen LogP contribution is -2.12. The Labute approximate surface area is 126 Å². The molecule has 1 amide bonds. The van der Waals surface area contributed by atoms with Gasteiger partial charge in [-0.3, -0.25) is 4.79 Å². The van der Waals surface area contributed by atoms with Crippen LogP contribution in [0.1, 0.15) is 30.9 Å². The molecular weight excluding hydrogens is 288 g/mol. The van der Waals surface area contributed by atoms with E-state index in [0.717, 1.165) is 16.4 Å². The molecule has 1 aliphatic rings. The molecule has 0 saturated heterocycles. The lowest BCUT2D eigenvalue weighted by atomic mass is 10.3. The van der Waals surface area contributed by atoms with Crippen LogP contribution in [0.25, 0.3) is 0 Å². The van der Waals surface area contributed by atoms with Crippen molar-refractivity contribution < 1.29 is 4.79 Å². The van der Waals surface area contributed by atoms with Crippen LogP contribution in [0.3, 0.4) is 0 Å². The minimum absolute atomic E-state index is 0.0829. The maximum absolute atomic E-state index is 12.0. The van der Waals surface area contributed by atoms with Gasteiger partial charge < -0.3 is 5.32 Å². The molecule has 0 aliphatic heterocycles. The third-order valence-corrected chi connectivity index (χ3v) is 4.92. The molecule has 0 spiro atoms. The van der Waals surface area contributed by atoms with Crippen molar-refractivity contribution in [3.05, 3.63) is 41.5 Å². The largest absolute Gasteiger partial charge is 0.316 e. The molecule has 3 nitrogen and oxygen atoms in total. The number of nitrogens with zero attached hydrogens (tertiary/aromatic N) is 1. The number of hydrogen-bond donors (Lipinski definition) is 1. The number of carbonyl (C=O) groups excluding carboxylic acids is 1. The molecule has 1 aromatic heterocycles. The van der Waals surface area contributed by atoms with E-state index in [4.69, 9.17) is 0 Å². The van der Waals surface area contributed by atoms with Gasteiger partial charge in [0.15, 0.2) is 0 Å². The highest BCUT2D eigenvalue weighted by Gasteiger charge is 2.28. The fourth-order valence-electron chi connectivity index (χ4n) is 1.96. The minimum atomic E-state index is 0.0829. The molecule has 0 unspecified atom stereocenters. The van der Waals surface area contributed by atoms with Gasteiger partial charge in [0.1, 0.15) is 5.00 Å². The summed E-state index contributed by atoms with van der Waals surface area (Å²) in [4.78, 5) is 17.5. The molecule has 1 fully saturated rings. The predicted molar refractivity (Wildman–Crippen MR) is 84.5 cm³/mol. The Balaban J connectivity index is 1.46. The van der Waals surface area contributed by atoms with Crippen molar-refractivity contribution in [1.82, 2.24) is 4.98 Å². The Morgan fingerprint density at radius 1 is 1.35 bits per heavy atom. The van der Waals surface area contributed by atoms with Crippen LogP contribution in [0, 0.1) is 0 Å². The first kappa shape index (κ1) is 13.6. The molecule has 2 aromatic rings. The summed E-state index contributed by atoms with van der Waals surface area (Å²) in [5.74, 6) is 1.46. The highest BCUT2D eigenvalue weighted by molar-refractivity contribution is 7.99. The third kappa shape index (κ3) is 3.61. The van der Waals surface area contributed by atoms with Crippen LogP contribution in [-0.4, -0.2) is 16.6 Å².